The number of hydrogen-bond acceptors (Lipinski definition) is 2. The molecule has 6 heteroatoms. The zero-order valence-electron chi connectivity index (χ0n) is 14.7. The van der Waals surface area contributed by atoms with Crippen LogP contribution in [-0.4, -0.2) is 25.8 Å². The lowest BCUT2D eigenvalue weighted by molar-refractivity contribution is 0.226. The van der Waals surface area contributed by atoms with Gasteiger partial charge in [-0.15, -0.1) is 0 Å². The van der Waals surface area contributed by atoms with Crippen molar-refractivity contribution < 1.29 is 9.18 Å². The highest BCUT2D eigenvalue weighted by Crippen LogP contribution is 2.22. The Morgan fingerprint density at radius 3 is 2.81 bits per heavy atom. The maximum atomic E-state index is 13.0. The van der Waals surface area contributed by atoms with Gasteiger partial charge in [0.2, 0.25) is 0 Å². The van der Waals surface area contributed by atoms with Crippen molar-refractivity contribution in [3.8, 4) is 0 Å². The zero-order valence-corrected chi connectivity index (χ0v) is 15.5. The molecule has 26 heavy (non-hydrogen) atoms. The Balaban J connectivity index is 1.55. The average molecular weight is 376 g/mol. The molecule has 0 aliphatic carbocycles. The SMILES string of the molecule is CN(C(=O)N[C@H]1C[C@@H](Cc2ccc(F)cc2)CCN1)c1cccc(Cl)c1. The van der Waals surface area contributed by atoms with E-state index in [-0.39, 0.29) is 18.0 Å². The second-order valence-corrected chi connectivity index (χ2v) is 7.15. The highest BCUT2D eigenvalue weighted by molar-refractivity contribution is 6.30. The van der Waals surface area contributed by atoms with Gasteiger partial charge >= 0.3 is 6.03 Å². The number of nitrogens with one attached hydrogen (secondary N) is 2. The Hall–Kier alpha value is -2.11. The first-order valence-corrected chi connectivity index (χ1v) is 9.16. The molecule has 0 aromatic heterocycles. The Bertz CT molecular complexity index is 753. The fraction of sp³-hybridized carbons (Fsp3) is 0.350. The summed E-state index contributed by atoms with van der Waals surface area (Å²) in [5, 5.41) is 6.98. The number of carbonyl (C=O) groups is 1. The molecule has 2 N–H and O–H groups in total. The van der Waals surface area contributed by atoms with E-state index in [4.69, 9.17) is 11.6 Å². The summed E-state index contributed by atoms with van der Waals surface area (Å²) in [4.78, 5) is 14.1. The molecule has 1 aliphatic rings. The summed E-state index contributed by atoms with van der Waals surface area (Å²) in [6.07, 6.45) is 2.68. The summed E-state index contributed by atoms with van der Waals surface area (Å²) >= 11 is 6.00. The van der Waals surface area contributed by atoms with E-state index in [1.165, 1.54) is 12.1 Å². The van der Waals surface area contributed by atoms with Crippen LogP contribution in [-0.2, 0) is 6.42 Å². The molecule has 2 atom stereocenters. The molecule has 2 amide bonds. The molecule has 0 saturated carbocycles. The Morgan fingerprint density at radius 1 is 1.31 bits per heavy atom. The summed E-state index contributed by atoms with van der Waals surface area (Å²) in [6.45, 7) is 0.845. The minimum Gasteiger partial charge on any atom is -0.322 e. The molecule has 4 nitrogen and oxygen atoms in total. The van der Waals surface area contributed by atoms with Gasteiger partial charge in [-0.2, -0.15) is 0 Å². The van der Waals surface area contributed by atoms with Crippen LogP contribution < -0.4 is 15.5 Å². The summed E-state index contributed by atoms with van der Waals surface area (Å²) < 4.78 is 13.0. The molecule has 2 aromatic rings. The van der Waals surface area contributed by atoms with Crippen LogP contribution >= 0.6 is 11.6 Å². The van der Waals surface area contributed by atoms with Crippen LogP contribution in [0, 0.1) is 11.7 Å². The van der Waals surface area contributed by atoms with E-state index in [1.807, 2.05) is 24.3 Å². The number of nitrogens with zero attached hydrogens (tertiary/aromatic N) is 1. The molecule has 0 bridgehead atoms. The van der Waals surface area contributed by atoms with Crippen LogP contribution in [0.1, 0.15) is 18.4 Å². The van der Waals surface area contributed by atoms with Crippen LogP contribution in [0.2, 0.25) is 5.02 Å². The van der Waals surface area contributed by atoms with Crippen molar-refractivity contribution >= 4 is 23.3 Å². The van der Waals surface area contributed by atoms with Crippen LogP contribution in [0.3, 0.4) is 0 Å². The lowest BCUT2D eigenvalue weighted by Gasteiger charge is -2.32. The molecule has 1 saturated heterocycles. The molecule has 0 unspecified atom stereocenters. The fourth-order valence-corrected chi connectivity index (χ4v) is 3.48. The molecule has 3 rings (SSSR count). The molecule has 2 aromatic carbocycles. The van der Waals surface area contributed by atoms with Gasteiger partial charge in [0.05, 0.1) is 6.17 Å². The maximum absolute atomic E-state index is 13.0. The summed E-state index contributed by atoms with van der Waals surface area (Å²) in [7, 11) is 1.72. The van der Waals surface area contributed by atoms with E-state index in [0.29, 0.717) is 10.9 Å². The zero-order chi connectivity index (χ0) is 18.5. The predicted molar refractivity (Wildman–Crippen MR) is 103 cm³/mol. The maximum Gasteiger partial charge on any atom is 0.322 e. The van der Waals surface area contributed by atoms with E-state index in [1.54, 1.807) is 24.1 Å². The monoisotopic (exact) mass is 375 g/mol. The quantitative estimate of drug-likeness (QED) is 0.841. The van der Waals surface area contributed by atoms with Gasteiger partial charge < -0.3 is 5.32 Å². The normalized spacial score (nSPS) is 19.8. The van der Waals surface area contributed by atoms with Crippen LogP contribution in [0.5, 0.6) is 0 Å². The third-order valence-electron chi connectivity index (χ3n) is 4.75. The number of halogens is 2. The fourth-order valence-electron chi connectivity index (χ4n) is 3.29. The lowest BCUT2D eigenvalue weighted by Crippen LogP contribution is -2.53. The minimum absolute atomic E-state index is 0.0802. The highest BCUT2D eigenvalue weighted by Gasteiger charge is 2.24. The van der Waals surface area contributed by atoms with Gasteiger partial charge in [0.15, 0.2) is 0 Å². The number of anilines is 1. The van der Waals surface area contributed by atoms with E-state index < -0.39 is 0 Å². The topological polar surface area (TPSA) is 44.4 Å². The standard InChI is InChI=1S/C20H23ClFN3O/c1-25(18-4-2-3-16(21)13-18)20(26)24-19-12-15(9-10-23-19)11-14-5-7-17(22)8-6-14/h2-8,13,15,19,23H,9-12H2,1H3,(H,24,26)/t15-,19+/m1/s1. The van der Waals surface area contributed by atoms with Crippen LogP contribution in [0.25, 0.3) is 0 Å². The van der Waals surface area contributed by atoms with Gasteiger partial charge in [0.1, 0.15) is 5.82 Å². The van der Waals surface area contributed by atoms with E-state index >= 15 is 0 Å². The number of benzene rings is 2. The van der Waals surface area contributed by atoms with Crippen LogP contribution in [0.15, 0.2) is 48.5 Å². The number of rotatable bonds is 4. The molecular formula is C20H23ClFN3O. The largest absolute Gasteiger partial charge is 0.322 e. The second-order valence-electron chi connectivity index (χ2n) is 6.72. The van der Waals surface area contributed by atoms with Crippen molar-refractivity contribution in [2.24, 2.45) is 5.92 Å². The first-order valence-electron chi connectivity index (χ1n) is 8.79. The van der Waals surface area contributed by atoms with Crippen molar-refractivity contribution in [3.63, 3.8) is 0 Å². The third-order valence-corrected chi connectivity index (χ3v) is 4.98. The van der Waals surface area contributed by atoms with Crippen molar-refractivity contribution in [3.05, 3.63) is 64.9 Å². The summed E-state index contributed by atoms with van der Waals surface area (Å²) in [5.74, 6) is 0.233. The summed E-state index contributed by atoms with van der Waals surface area (Å²) in [6, 6.07) is 13.7. The molecular weight excluding hydrogens is 353 g/mol. The summed E-state index contributed by atoms with van der Waals surface area (Å²) in [5.41, 5.74) is 1.87. The van der Waals surface area contributed by atoms with Crippen molar-refractivity contribution in [2.75, 3.05) is 18.5 Å². The van der Waals surface area contributed by atoms with Crippen molar-refractivity contribution in [1.29, 1.82) is 0 Å². The number of carbonyl (C=O) groups excluding carboxylic acids is 1. The molecule has 0 spiro atoms. The molecule has 1 fully saturated rings. The number of amides is 2. The Kier molecular flexibility index (Phi) is 6.12. The van der Waals surface area contributed by atoms with Crippen LogP contribution in [0.4, 0.5) is 14.9 Å². The molecule has 138 valence electrons. The van der Waals surface area contributed by atoms with Gasteiger partial charge in [0.25, 0.3) is 0 Å². The third kappa shape index (κ3) is 4.96. The molecule has 1 aliphatic heterocycles. The smallest absolute Gasteiger partial charge is 0.322 e. The van der Waals surface area contributed by atoms with Gasteiger partial charge in [-0.3, -0.25) is 10.2 Å². The van der Waals surface area contributed by atoms with E-state index in [2.05, 4.69) is 10.6 Å². The van der Waals surface area contributed by atoms with Crippen molar-refractivity contribution in [1.82, 2.24) is 10.6 Å². The molecule has 1 heterocycles. The predicted octanol–water partition coefficient (Wildman–Crippen LogP) is 4.19. The first kappa shape index (κ1) is 18.7. The Labute approximate surface area is 158 Å². The highest BCUT2D eigenvalue weighted by atomic mass is 35.5. The van der Waals surface area contributed by atoms with E-state index in [9.17, 15) is 9.18 Å². The number of hydrogen-bond donors (Lipinski definition) is 2. The van der Waals surface area contributed by atoms with Gasteiger partial charge in [-0.1, -0.05) is 29.8 Å². The van der Waals surface area contributed by atoms with Gasteiger partial charge in [-0.05, 0) is 67.6 Å². The second kappa shape index (κ2) is 8.52. The van der Waals surface area contributed by atoms with Gasteiger partial charge in [0, 0.05) is 17.8 Å². The van der Waals surface area contributed by atoms with Crippen molar-refractivity contribution in [2.45, 2.75) is 25.4 Å². The minimum atomic E-state index is -0.215. The average Bonchev–Trinajstić information content (AvgIpc) is 2.63. The first-order chi connectivity index (χ1) is 12.5. The lowest BCUT2D eigenvalue weighted by atomic mass is 9.89. The van der Waals surface area contributed by atoms with Gasteiger partial charge in [-0.25, -0.2) is 9.18 Å². The number of piperidine rings is 1. The molecule has 0 radical (unpaired) electrons. The van der Waals surface area contributed by atoms with E-state index in [0.717, 1.165) is 37.1 Å². The number of urea groups is 1. The Morgan fingerprint density at radius 2 is 2.08 bits per heavy atom.